The van der Waals surface area contributed by atoms with Crippen LogP contribution >= 0.6 is 0 Å². The lowest BCUT2D eigenvalue weighted by atomic mass is 9.97. The number of benzene rings is 1. The van der Waals surface area contributed by atoms with E-state index in [-0.39, 0.29) is 30.6 Å². The van der Waals surface area contributed by atoms with Gasteiger partial charge in [0.2, 0.25) is 5.91 Å². The summed E-state index contributed by atoms with van der Waals surface area (Å²) in [5.74, 6) is -1.48. The topological polar surface area (TPSA) is 66.4 Å². The lowest BCUT2D eigenvalue weighted by Crippen LogP contribution is -2.34. The summed E-state index contributed by atoms with van der Waals surface area (Å²) < 4.78 is 13.1. The van der Waals surface area contributed by atoms with Gasteiger partial charge in [0.05, 0.1) is 5.41 Å². The molecule has 1 fully saturated rings. The molecule has 1 atom stereocenters. The van der Waals surface area contributed by atoms with Crippen molar-refractivity contribution < 1.29 is 19.1 Å². The molecule has 1 saturated carbocycles. The number of carboxylic acids is 1. The van der Waals surface area contributed by atoms with Gasteiger partial charge in [0.25, 0.3) is 0 Å². The minimum absolute atomic E-state index is 0.106. The molecule has 0 heterocycles. The van der Waals surface area contributed by atoms with E-state index in [0.29, 0.717) is 12.8 Å². The number of hydrogen-bond acceptors (Lipinski definition) is 2. The Bertz CT molecular complexity index is 526. The summed E-state index contributed by atoms with van der Waals surface area (Å²) in [6.07, 6.45) is 1.45. The van der Waals surface area contributed by atoms with Crippen LogP contribution in [0.4, 0.5) is 4.39 Å². The Morgan fingerprint density at radius 1 is 1.45 bits per heavy atom. The zero-order valence-electron chi connectivity index (χ0n) is 11.4. The molecule has 0 aromatic heterocycles. The fourth-order valence-electron chi connectivity index (χ4n) is 2.17. The summed E-state index contributed by atoms with van der Waals surface area (Å²) >= 11 is 0. The average molecular weight is 279 g/mol. The number of carbonyl (C=O) groups is 2. The molecule has 0 radical (unpaired) electrons. The number of rotatable bonds is 6. The maximum absolute atomic E-state index is 13.1. The van der Waals surface area contributed by atoms with E-state index in [1.54, 1.807) is 12.1 Å². The summed E-state index contributed by atoms with van der Waals surface area (Å²) in [4.78, 5) is 22.8. The number of hydrogen-bond donors (Lipinski definition) is 2. The summed E-state index contributed by atoms with van der Waals surface area (Å²) in [5, 5.41) is 11.7. The lowest BCUT2D eigenvalue weighted by Gasteiger charge is -2.14. The molecule has 0 spiro atoms. The predicted octanol–water partition coefficient (Wildman–Crippen LogP) is 2.30. The molecule has 0 bridgehead atoms. The van der Waals surface area contributed by atoms with Crippen LogP contribution in [-0.2, 0) is 9.59 Å². The number of carbonyl (C=O) groups excluding carboxylic acids is 1. The molecule has 1 aliphatic carbocycles. The van der Waals surface area contributed by atoms with Crippen molar-refractivity contribution in [3.63, 3.8) is 0 Å². The minimum Gasteiger partial charge on any atom is -0.481 e. The first-order valence-electron chi connectivity index (χ1n) is 6.68. The van der Waals surface area contributed by atoms with E-state index in [0.717, 1.165) is 5.56 Å². The highest BCUT2D eigenvalue weighted by Gasteiger charge is 2.50. The molecule has 1 aromatic rings. The zero-order chi connectivity index (χ0) is 14.8. The van der Waals surface area contributed by atoms with Gasteiger partial charge in [-0.1, -0.05) is 19.1 Å². The van der Waals surface area contributed by atoms with Crippen molar-refractivity contribution in [2.24, 2.45) is 5.41 Å². The van der Waals surface area contributed by atoms with Crippen LogP contribution in [-0.4, -0.2) is 23.5 Å². The van der Waals surface area contributed by atoms with E-state index in [9.17, 15) is 14.0 Å². The van der Waals surface area contributed by atoms with Crippen LogP contribution in [0.1, 0.15) is 37.7 Å². The average Bonchev–Trinajstić information content (AvgIpc) is 3.17. The maximum atomic E-state index is 13.1. The molecular weight excluding hydrogens is 261 g/mol. The van der Waals surface area contributed by atoms with Gasteiger partial charge >= 0.3 is 5.97 Å². The van der Waals surface area contributed by atoms with Crippen LogP contribution < -0.4 is 5.32 Å². The van der Waals surface area contributed by atoms with Crippen molar-refractivity contribution >= 4 is 11.9 Å². The number of aliphatic carboxylic acids is 1. The summed E-state index contributed by atoms with van der Waals surface area (Å²) in [7, 11) is 0. The zero-order valence-corrected chi connectivity index (χ0v) is 11.4. The second-order valence-electron chi connectivity index (χ2n) is 5.52. The quantitative estimate of drug-likeness (QED) is 0.839. The number of halogens is 1. The van der Waals surface area contributed by atoms with Crippen molar-refractivity contribution in [3.8, 4) is 0 Å². The van der Waals surface area contributed by atoms with Crippen LogP contribution in [0.25, 0.3) is 0 Å². The van der Waals surface area contributed by atoms with E-state index in [1.807, 2.05) is 6.92 Å². The van der Waals surface area contributed by atoms with E-state index in [4.69, 9.17) is 5.11 Å². The molecule has 5 heteroatoms. The first kappa shape index (κ1) is 14.5. The summed E-state index contributed by atoms with van der Waals surface area (Å²) in [6.45, 7) is 2.02. The Morgan fingerprint density at radius 3 is 2.70 bits per heavy atom. The second kappa shape index (κ2) is 5.61. The van der Waals surface area contributed by atoms with E-state index in [1.165, 1.54) is 12.1 Å². The molecule has 1 unspecified atom stereocenters. The molecule has 0 saturated heterocycles. The highest BCUT2D eigenvalue weighted by atomic mass is 19.1. The van der Waals surface area contributed by atoms with Gasteiger partial charge in [-0.15, -0.1) is 0 Å². The smallest absolute Gasteiger partial charge is 0.311 e. The molecule has 4 nitrogen and oxygen atoms in total. The lowest BCUT2D eigenvalue weighted by molar-refractivity contribution is -0.143. The predicted molar refractivity (Wildman–Crippen MR) is 71.7 cm³/mol. The molecule has 20 heavy (non-hydrogen) atoms. The highest BCUT2D eigenvalue weighted by molar-refractivity contribution is 5.81. The van der Waals surface area contributed by atoms with Crippen molar-refractivity contribution in [1.29, 1.82) is 0 Å². The Morgan fingerprint density at radius 2 is 2.15 bits per heavy atom. The standard InChI is InChI=1S/C15H18FNO3/c1-10(11-3-2-4-12(16)8-11)7-13(18)17-9-15(5-6-15)14(19)20/h2-4,8,10H,5-7,9H2,1H3,(H,17,18)(H,19,20). The van der Waals surface area contributed by atoms with E-state index >= 15 is 0 Å². The summed E-state index contributed by atoms with van der Waals surface area (Å²) in [5.41, 5.74) is 0.0112. The fourth-order valence-corrected chi connectivity index (χ4v) is 2.17. The molecule has 1 amide bonds. The van der Waals surface area contributed by atoms with Crippen LogP contribution in [0.3, 0.4) is 0 Å². The van der Waals surface area contributed by atoms with Crippen molar-refractivity contribution in [1.82, 2.24) is 5.32 Å². The fraction of sp³-hybridized carbons (Fsp3) is 0.467. The van der Waals surface area contributed by atoms with Crippen LogP contribution in [0, 0.1) is 11.2 Å². The van der Waals surface area contributed by atoms with Crippen molar-refractivity contribution in [3.05, 3.63) is 35.6 Å². The van der Waals surface area contributed by atoms with Gasteiger partial charge in [0, 0.05) is 13.0 Å². The first-order chi connectivity index (χ1) is 9.43. The van der Waals surface area contributed by atoms with E-state index in [2.05, 4.69) is 5.32 Å². The second-order valence-corrected chi connectivity index (χ2v) is 5.52. The third kappa shape index (κ3) is 3.35. The minimum atomic E-state index is -0.851. The van der Waals surface area contributed by atoms with Gasteiger partial charge in [-0.2, -0.15) is 0 Å². The molecule has 108 valence electrons. The Labute approximate surface area is 117 Å². The van der Waals surface area contributed by atoms with Crippen LogP contribution in [0.2, 0.25) is 0 Å². The van der Waals surface area contributed by atoms with Crippen molar-refractivity contribution in [2.75, 3.05) is 6.54 Å². The van der Waals surface area contributed by atoms with Crippen LogP contribution in [0.15, 0.2) is 24.3 Å². The maximum Gasteiger partial charge on any atom is 0.311 e. The molecule has 1 aromatic carbocycles. The number of amides is 1. The van der Waals surface area contributed by atoms with Gasteiger partial charge in [-0.05, 0) is 36.5 Å². The van der Waals surface area contributed by atoms with Gasteiger partial charge in [0.1, 0.15) is 5.82 Å². The summed E-state index contributed by atoms with van der Waals surface area (Å²) in [6, 6.07) is 6.17. The van der Waals surface area contributed by atoms with Crippen molar-refractivity contribution in [2.45, 2.75) is 32.1 Å². The Kier molecular flexibility index (Phi) is 4.06. The highest BCUT2D eigenvalue weighted by Crippen LogP contribution is 2.45. The monoisotopic (exact) mass is 279 g/mol. The molecule has 1 aliphatic rings. The molecular formula is C15H18FNO3. The molecule has 0 aliphatic heterocycles. The Hall–Kier alpha value is -1.91. The third-order valence-electron chi connectivity index (χ3n) is 3.84. The van der Waals surface area contributed by atoms with Gasteiger partial charge in [0.15, 0.2) is 0 Å². The van der Waals surface area contributed by atoms with E-state index < -0.39 is 11.4 Å². The number of nitrogens with one attached hydrogen (secondary N) is 1. The Balaban J connectivity index is 1.84. The number of carboxylic acid groups (broad SMARTS) is 1. The third-order valence-corrected chi connectivity index (χ3v) is 3.84. The van der Waals surface area contributed by atoms with Gasteiger partial charge < -0.3 is 10.4 Å². The first-order valence-corrected chi connectivity index (χ1v) is 6.68. The molecule has 2 rings (SSSR count). The normalized spacial score (nSPS) is 17.3. The van der Waals surface area contributed by atoms with Gasteiger partial charge in [-0.25, -0.2) is 4.39 Å². The largest absolute Gasteiger partial charge is 0.481 e. The van der Waals surface area contributed by atoms with Gasteiger partial charge in [-0.3, -0.25) is 9.59 Å². The molecule has 2 N–H and O–H groups in total. The SMILES string of the molecule is CC(CC(=O)NCC1(C(=O)O)CC1)c1cccc(F)c1. The van der Waals surface area contributed by atoms with Crippen LogP contribution in [0.5, 0.6) is 0 Å².